The van der Waals surface area contributed by atoms with Crippen molar-refractivity contribution >= 4 is 5.91 Å². The van der Waals surface area contributed by atoms with Gasteiger partial charge in [0, 0.05) is 19.7 Å². The van der Waals surface area contributed by atoms with Crippen LogP contribution in [0.15, 0.2) is 24.3 Å². The molecule has 1 fully saturated rings. The Kier molecular flexibility index (Phi) is 5.08. The van der Waals surface area contributed by atoms with Gasteiger partial charge < -0.3 is 15.0 Å². The highest BCUT2D eigenvalue weighted by Crippen LogP contribution is 2.31. The van der Waals surface area contributed by atoms with Crippen molar-refractivity contribution in [2.24, 2.45) is 0 Å². The predicted molar refractivity (Wildman–Crippen MR) is 75.6 cm³/mol. The molecule has 1 aliphatic rings. The Morgan fingerprint density at radius 3 is 2.68 bits per heavy atom. The van der Waals surface area contributed by atoms with Crippen LogP contribution in [-0.4, -0.2) is 49.7 Å². The molecule has 1 aliphatic heterocycles. The van der Waals surface area contributed by atoms with Gasteiger partial charge in [-0.2, -0.15) is 13.2 Å². The number of amides is 1. The molecular weight excluding hydrogens is 297 g/mol. The Morgan fingerprint density at radius 2 is 2.05 bits per heavy atom. The molecule has 1 aromatic rings. The summed E-state index contributed by atoms with van der Waals surface area (Å²) in [5.74, 6) is -0.724. The Labute approximate surface area is 127 Å². The Hall–Kier alpha value is -1.60. The van der Waals surface area contributed by atoms with Crippen molar-refractivity contribution in [2.75, 3.05) is 26.7 Å². The van der Waals surface area contributed by atoms with Gasteiger partial charge in [-0.15, -0.1) is 0 Å². The molecule has 0 bridgehead atoms. The number of halogens is 3. The van der Waals surface area contributed by atoms with Gasteiger partial charge in [0.1, 0.15) is 0 Å². The first-order chi connectivity index (χ1) is 10.3. The number of hydrogen-bond acceptors (Lipinski definition) is 3. The summed E-state index contributed by atoms with van der Waals surface area (Å²) in [6.07, 6.45) is -4.77. The van der Waals surface area contributed by atoms with E-state index >= 15 is 0 Å². The van der Waals surface area contributed by atoms with Crippen LogP contribution in [0, 0.1) is 0 Å². The predicted octanol–water partition coefficient (Wildman–Crippen LogP) is 2.15. The standard InChI is InChI=1S/C15H19F3N2O2/c1-3-22-13-9-20(2)8-12(13)19-14(21)10-6-4-5-7-11(10)15(16,17)18/h4-7,12-13H,3,8-9H2,1-2H3,(H,19,21)/t12-,13-/m1/s1. The fourth-order valence-corrected chi connectivity index (χ4v) is 2.66. The molecule has 0 unspecified atom stereocenters. The molecule has 0 aromatic heterocycles. The van der Waals surface area contributed by atoms with Crippen molar-refractivity contribution < 1.29 is 22.7 Å². The maximum absolute atomic E-state index is 13.0. The summed E-state index contributed by atoms with van der Waals surface area (Å²) in [7, 11) is 1.88. The second-order valence-electron chi connectivity index (χ2n) is 5.34. The maximum Gasteiger partial charge on any atom is 0.417 e. The van der Waals surface area contributed by atoms with E-state index in [9.17, 15) is 18.0 Å². The number of rotatable bonds is 4. The number of likely N-dealkylation sites (tertiary alicyclic amines) is 1. The third-order valence-electron chi connectivity index (χ3n) is 3.62. The number of alkyl halides is 3. The summed E-state index contributed by atoms with van der Waals surface area (Å²) in [6, 6.07) is 4.47. The molecule has 22 heavy (non-hydrogen) atoms. The van der Waals surface area contributed by atoms with E-state index < -0.39 is 17.6 Å². The smallest absolute Gasteiger partial charge is 0.375 e. The minimum atomic E-state index is -4.56. The Balaban J connectivity index is 2.16. The summed E-state index contributed by atoms with van der Waals surface area (Å²) >= 11 is 0. The summed E-state index contributed by atoms with van der Waals surface area (Å²) < 4.78 is 44.4. The van der Waals surface area contributed by atoms with Gasteiger partial charge in [-0.3, -0.25) is 4.79 Å². The molecule has 0 aliphatic carbocycles. The van der Waals surface area contributed by atoms with Crippen LogP contribution in [0.2, 0.25) is 0 Å². The van der Waals surface area contributed by atoms with Crippen molar-refractivity contribution in [1.82, 2.24) is 10.2 Å². The number of nitrogens with zero attached hydrogens (tertiary/aromatic N) is 1. The normalized spacial score (nSPS) is 22.8. The van der Waals surface area contributed by atoms with Crippen molar-refractivity contribution in [3.05, 3.63) is 35.4 Å². The zero-order valence-corrected chi connectivity index (χ0v) is 12.5. The van der Waals surface area contributed by atoms with E-state index in [1.54, 1.807) is 0 Å². The molecule has 1 heterocycles. The SMILES string of the molecule is CCO[C@@H]1CN(C)C[C@H]1NC(=O)c1ccccc1C(F)(F)F. The van der Waals surface area contributed by atoms with E-state index in [-0.39, 0.29) is 17.7 Å². The third-order valence-corrected chi connectivity index (χ3v) is 3.62. The molecule has 1 amide bonds. The topological polar surface area (TPSA) is 41.6 Å². The number of nitrogens with one attached hydrogen (secondary N) is 1. The lowest BCUT2D eigenvalue weighted by atomic mass is 10.1. The van der Waals surface area contributed by atoms with E-state index in [1.165, 1.54) is 18.2 Å². The van der Waals surface area contributed by atoms with E-state index in [0.29, 0.717) is 19.7 Å². The third kappa shape index (κ3) is 3.78. The van der Waals surface area contributed by atoms with E-state index in [2.05, 4.69) is 5.32 Å². The molecule has 1 aromatic carbocycles. The zero-order chi connectivity index (χ0) is 16.3. The number of ether oxygens (including phenoxy) is 1. The summed E-state index contributed by atoms with van der Waals surface area (Å²) in [5.41, 5.74) is -1.29. The average Bonchev–Trinajstić information content (AvgIpc) is 2.78. The molecule has 122 valence electrons. The van der Waals surface area contributed by atoms with Gasteiger partial charge >= 0.3 is 6.18 Å². The van der Waals surface area contributed by atoms with Crippen LogP contribution >= 0.6 is 0 Å². The molecular formula is C15H19F3N2O2. The second-order valence-corrected chi connectivity index (χ2v) is 5.34. The lowest BCUT2D eigenvalue weighted by Crippen LogP contribution is -2.44. The van der Waals surface area contributed by atoms with E-state index in [4.69, 9.17) is 4.74 Å². The highest BCUT2D eigenvalue weighted by atomic mass is 19.4. The molecule has 4 nitrogen and oxygen atoms in total. The van der Waals surface area contributed by atoms with Crippen LogP contribution in [0.5, 0.6) is 0 Å². The van der Waals surface area contributed by atoms with Gasteiger partial charge in [-0.1, -0.05) is 12.1 Å². The monoisotopic (exact) mass is 316 g/mol. The first-order valence-corrected chi connectivity index (χ1v) is 7.10. The van der Waals surface area contributed by atoms with Crippen molar-refractivity contribution in [3.8, 4) is 0 Å². The van der Waals surface area contributed by atoms with Crippen LogP contribution in [-0.2, 0) is 10.9 Å². The van der Waals surface area contributed by atoms with Crippen LogP contribution in [0.3, 0.4) is 0 Å². The van der Waals surface area contributed by atoms with Gasteiger partial charge in [0.25, 0.3) is 5.91 Å². The highest BCUT2D eigenvalue weighted by Gasteiger charge is 2.37. The van der Waals surface area contributed by atoms with Gasteiger partial charge in [0.2, 0.25) is 0 Å². The average molecular weight is 316 g/mol. The molecule has 0 spiro atoms. The van der Waals surface area contributed by atoms with Crippen molar-refractivity contribution in [2.45, 2.75) is 25.2 Å². The van der Waals surface area contributed by atoms with Gasteiger partial charge in [-0.25, -0.2) is 0 Å². The van der Waals surface area contributed by atoms with Gasteiger partial charge in [-0.05, 0) is 26.1 Å². The summed E-state index contributed by atoms with van der Waals surface area (Å²) in [6.45, 7) is 3.52. The molecule has 0 saturated carbocycles. The fourth-order valence-electron chi connectivity index (χ4n) is 2.66. The van der Waals surface area contributed by atoms with Gasteiger partial charge in [0.05, 0.1) is 23.3 Å². The van der Waals surface area contributed by atoms with Crippen molar-refractivity contribution in [1.29, 1.82) is 0 Å². The molecule has 2 rings (SSSR count). The molecule has 1 saturated heterocycles. The molecule has 7 heteroatoms. The van der Waals surface area contributed by atoms with E-state index in [1.807, 2.05) is 18.9 Å². The lowest BCUT2D eigenvalue weighted by Gasteiger charge is -2.21. The fraction of sp³-hybridized carbons (Fsp3) is 0.533. The quantitative estimate of drug-likeness (QED) is 0.925. The molecule has 2 atom stereocenters. The van der Waals surface area contributed by atoms with Crippen LogP contribution in [0.4, 0.5) is 13.2 Å². The number of carbonyl (C=O) groups excluding carboxylic acids is 1. The maximum atomic E-state index is 13.0. The lowest BCUT2D eigenvalue weighted by molar-refractivity contribution is -0.137. The summed E-state index contributed by atoms with van der Waals surface area (Å²) in [5, 5.41) is 2.67. The minimum Gasteiger partial charge on any atom is -0.375 e. The Morgan fingerprint density at radius 1 is 1.36 bits per heavy atom. The Bertz CT molecular complexity index is 534. The largest absolute Gasteiger partial charge is 0.417 e. The minimum absolute atomic E-state index is 0.211. The zero-order valence-electron chi connectivity index (χ0n) is 12.5. The van der Waals surface area contributed by atoms with Crippen LogP contribution in [0.25, 0.3) is 0 Å². The van der Waals surface area contributed by atoms with Crippen LogP contribution in [0.1, 0.15) is 22.8 Å². The first-order valence-electron chi connectivity index (χ1n) is 7.10. The van der Waals surface area contributed by atoms with Crippen LogP contribution < -0.4 is 5.32 Å². The number of likely N-dealkylation sites (N-methyl/N-ethyl adjacent to an activating group) is 1. The summed E-state index contributed by atoms with van der Waals surface area (Å²) in [4.78, 5) is 14.2. The molecule has 0 radical (unpaired) electrons. The second kappa shape index (κ2) is 6.66. The number of carbonyl (C=O) groups is 1. The number of hydrogen-bond donors (Lipinski definition) is 1. The van der Waals surface area contributed by atoms with Gasteiger partial charge in [0.15, 0.2) is 0 Å². The van der Waals surface area contributed by atoms with E-state index in [0.717, 1.165) is 6.07 Å². The van der Waals surface area contributed by atoms with Crippen molar-refractivity contribution in [3.63, 3.8) is 0 Å². The number of benzene rings is 1. The molecule has 1 N–H and O–H groups in total. The first kappa shape index (κ1) is 16.8. The highest BCUT2D eigenvalue weighted by molar-refractivity contribution is 5.96.